The van der Waals surface area contributed by atoms with Gasteiger partial charge in [-0.25, -0.2) is 4.98 Å². The SMILES string of the molecule is CCNCc1c(N2CCCSCC2)nc2sccn12. The van der Waals surface area contributed by atoms with Gasteiger partial charge in [-0.05, 0) is 18.7 Å². The summed E-state index contributed by atoms with van der Waals surface area (Å²) in [5, 5.41) is 5.55. The molecular formula is C13H20N4S2. The third kappa shape index (κ3) is 2.75. The Hall–Kier alpha value is -0.720. The molecule has 2 aromatic rings. The van der Waals surface area contributed by atoms with E-state index >= 15 is 0 Å². The number of nitrogens with one attached hydrogen (secondary N) is 1. The summed E-state index contributed by atoms with van der Waals surface area (Å²) >= 11 is 3.77. The van der Waals surface area contributed by atoms with Crippen LogP contribution in [-0.4, -0.2) is 40.5 Å². The summed E-state index contributed by atoms with van der Waals surface area (Å²) in [5.41, 5.74) is 1.31. The van der Waals surface area contributed by atoms with Gasteiger partial charge >= 0.3 is 0 Å². The van der Waals surface area contributed by atoms with Crippen molar-refractivity contribution < 1.29 is 0 Å². The average molecular weight is 296 g/mol. The second kappa shape index (κ2) is 6.15. The van der Waals surface area contributed by atoms with Crippen LogP contribution in [0.5, 0.6) is 0 Å². The zero-order valence-electron chi connectivity index (χ0n) is 11.3. The maximum atomic E-state index is 4.85. The maximum Gasteiger partial charge on any atom is 0.195 e. The second-order valence-corrected chi connectivity index (χ2v) is 6.77. The molecule has 0 radical (unpaired) electrons. The van der Waals surface area contributed by atoms with E-state index in [9.17, 15) is 0 Å². The monoisotopic (exact) mass is 296 g/mol. The number of nitrogens with zero attached hydrogens (tertiary/aromatic N) is 3. The van der Waals surface area contributed by atoms with Crippen molar-refractivity contribution in [3.63, 3.8) is 0 Å². The molecule has 0 aromatic carbocycles. The van der Waals surface area contributed by atoms with Gasteiger partial charge < -0.3 is 10.2 Å². The molecule has 3 rings (SSSR count). The van der Waals surface area contributed by atoms with Gasteiger partial charge in [0.25, 0.3) is 0 Å². The first-order valence-electron chi connectivity index (χ1n) is 6.88. The summed E-state index contributed by atoms with van der Waals surface area (Å²) in [6.45, 7) is 6.29. The molecule has 0 amide bonds. The summed E-state index contributed by atoms with van der Waals surface area (Å²) in [6, 6.07) is 0. The molecule has 6 heteroatoms. The largest absolute Gasteiger partial charge is 0.354 e. The lowest BCUT2D eigenvalue weighted by Crippen LogP contribution is -2.28. The van der Waals surface area contributed by atoms with E-state index in [0.29, 0.717) is 0 Å². The second-order valence-electron chi connectivity index (χ2n) is 4.67. The molecule has 1 N–H and O–H groups in total. The Morgan fingerprint density at radius 3 is 3.21 bits per heavy atom. The smallest absolute Gasteiger partial charge is 0.195 e. The number of hydrogen-bond acceptors (Lipinski definition) is 5. The Balaban J connectivity index is 1.93. The molecule has 0 saturated carbocycles. The first kappa shape index (κ1) is 13.3. The summed E-state index contributed by atoms with van der Waals surface area (Å²) in [4.78, 5) is 8.42. The van der Waals surface area contributed by atoms with Gasteiger partial charge in [-0.15, -0.1) is 11.3 Å². The molecule has 0 unspecified atom stereocenters. The van der Waals surface area contributed by atoms with Gasteiger partial charge in [-0.1, -0.05) is 6.92 Å². The number of imidazole rings is 1. The van der Waals surface area contributed by atoms with Crippen LogP contribution in [0.15, 0.2) is 11.6 Å². The normalized spacial score (nSPS) is 17.0. The van der Waals surface area contributed by atoms with E-state index in [4.69, 9.17) is 4.98 Å². The van der Waals surface area contributed by atoms with E-state index in [-0.39, 0.29) is 0 Å². The van der Waals surface area contributed by atoms with Gasteiger partial charge in [-0.3, -0.25) is 4.40 Å². The molecule has 2 aromatic heterocycles. The van der Waals surface area contributed by atoms with Crippen LogP contribution in [0.4, 0.5) is 5.82 Å². The molecule has 19 heavy (non-hydrogen) atoms. The van der Waals surface area contributed by atoms with Gasteiger partial charge in [0, 0.05) is 37.0 Å². The molecule has 0 aliphatic carbocycles. The summed E-state index contributed by atoms with van der Waals surface area (Å²) in [6.07, 6.45) is 3.40. The van der Waals surface area contributed by atoms with Crippen molar-refractivity contribution >= 4 is 33.9 Å². The molecule has 3 heterocycles. The number of rotatable bonds is 4. The fraction of sp³-hybridized carbons (Fsp3) is 0.615. The minimum Gasteiger partial charge on any atom is -0.354 e. The lowest BCUT2D eigenvalue weighted by molar-refractivity contribution is 0.698. The molecule has 1 fully saturated rings. The highest BCUT2D eigenvalue weighted by molar-refractivity contribution is 7.99. The third-order valence-electron chi connectivity index (χ3n) is 3.40. The Morgan fingerprint density at radius 2 is 2.32 bits per heavy atom. The predicted octanol–water partition coefficient (Wildman–Crippen LogP) is 2.45. The number of aromatic nitrogens is 2. The lowest BCUT2D eigenvalue weighted by Gasteiger charge is -2.21. The molecule has 104 valence electrons. The molecule has 1 aliphatic rings. The van der Waals surface area contributed by atoms with Gasteiger partial charge in [0.1, 0.15) is 0 Å². The minimum atomic E-state index is 0.896. The summed E-state index contributed by atoms with van der Waals surface area (Å²) in [7, 11) is 0. The Bertz CT molecular complexity index is 526. The van der Waals surface area contributed by atoms with E-state index in [2.05, 4.69) is 44.9 Å². The van der Waals surface area contributed by atoms with Crippen LogP contribution in [0.3, 0.4) is 0 Å². The van der Waals surface area contributed by atoms with E-state index in [0.717, 1.165) is 31.1 Å². The van der Waals surface area contributed by atoms with Crippen molar-refractivity contribution in [3.05, 3.63) is 17.3 Å². The summed E-state index contributed by atoms with van der Waals surface area (Å²) < 4.78 is 2.24. The molecule has 1 aliphatic heterocycles. The standard InChI is InChI=1S/C13H20N4S2/c1-2-14-10-11-12(15-13-17(11)6-9-19-13)16-4-3-7-18-8-5-16/h6,9,14H,2-5,7-8,10H2,1H3. The Kier molecular flexibility index (Phi) is 4.30. The number of thioether (sulfide) groups is 1. The number of anilines is 1. The quantitative estimate of drug-likeness (QED) is 0.939. The molecule has 0 bridgehead atoms. The molecule has 1 saturated heterocycles. The van der Waals surface area contributed by atoms with Crippen molar-refractivity contribution in [3.8, 4) is 0 Å². The Morgan fingerprint density at radius 1 is 1.37 bits per heavy atom. The first-order chi connectivity index (χ1) is 9.40. The van der Waals surface area contributed by atoms with Gasteiger partial charge in [0.05, 0.1) is 5.69 Å². The zero-order chi connectivity index (χ0) is 13.1. The Labute approximate surface area is 122 Å². The van der Waals surface area contributed by atoms with Crippen LogP contribution in [0.2, 0.25) is 0 Å². The van der Waals surface area contributed by atoms with Crippen LogP contribution in [0, 0.1) is 0 Å². The first-order valence-corrected chi connectivity index (χ1v) is 8.91. The lowest BCUT2D eigenvalue weighted by atomic mass is 10.3. The number of thiazole rings is 1. The van der Waals surface area contributed by atoms with Crippen molar-refractivity contribution in [2.75, 3.05) is 36.0 Å². The van der Waals surface area contributed by atoms with E-state index in [1.165, 1.54) is 29.4 Å². The van der Waals surface area contributed by atoms with Crippen LogP contribution in [-0.2, 0) is 6.54 Å². The van der Waals surface area contributed by atoms with Crippen LogP contribution < -0.4 is 10.2 Å². The molecule has 4 nitrogen and oxygen atoms in total. The maximum absolute atomic E-state index is 4.85. The van der Waals surface area contributed by atoms with Crippen molar-refractivity contribution in [2.45, 2.75) is 19.9 Å². The van der Waals surface area contributed by atoms with Crippen molar-refractivity contribution in [1.29, 1.82) is 0 Å². The predicted molar refractivity (Wildman–Crippen MR) is 84.6 cm³/mol. The van der Waals surface area contributed by atoms with Gasteiger partial charge in [-0.2, -0.15) is 11.8 Å². The topological polar surface area (TPSA) is 32.6 Å². The highest BCUT2D eigenvalue weighted by Gasteiger charge is 2.19. The van der Waals surface area contributed by atoms with E-state index in [1.807, 2.05) is 0 Å². The van der Waals surface area contributed by atoms with Gasteiger partial charge in [0.15, 0.2) is 10.8 Å². The third-order valence-corrected chi connectivity index (χ3v) is 5.21. The van der Waals surface area contributed by atoms with E-state index in [1.54, 1.807) is 11.3 Å². The molecule has 0 atom stereocenters. The van der Waals surface area contributed by atoms with Crippen LogP contribution in [0.1, 0.15) is 19.0 Å². The number of fused-ring (bicyclic) bond motifs is 1. The highest BCUT2D eigenvalue weighted by Crippen LogP contribution is 2.26. The van der Waals surface area contributed by atoms with Crippen LogP contribution >= 0.6 is 23.1 Å². The fourth-order valence-electron chi connectivity index (χ4n) is 2.44. The van der Waals surface area contributed by atoms with Gasteiger partial charge in [0.2, 0.25) is 0 Å². The van der Waals surface area contributed by atoms with Crippen molar-refractivity contribution in [2.24, 2.45) is 0 Å². The average Bonchev–Trinajstić information content (AvgIpc) is 2.88. The zero-order valence-corrected chi connectivity index (χ0v) is 12.9. The fourth-order valence-corrected chi connectivity index (χ4v) is 4.05. The number of hydrogen-bond donors (Lipinski definition) is 1. The minimum absolute atomic E-state index is 0.896. The highest BCUT2D eigenvalue weighted by atomic mass is 32.2. The molecule has 0 spiro atoms. The van der Waals surface area contributed by atoms with E-state index < -0.39 is 0 Å². The van der Waals surface area contributed by atoms with Crippen LogP contribution in [0.25, 0.3) is 4.96 Å². The van der Waals surface area contributed by atoms with Crippen molar-refractivity contribution in [1.82, 2.24) is 14.7 Å². The molecular weight excluding hydrogens is 276 g/mol. The summed E-state index contributed by atoms with van der Waals surface area (Å²) in [5.74, 6) is 3.68.